The number of halogens is 3. The van der Waals surface area contributed by atoms with Crippen LogP contribution in [0.1, 0.15) is 26.3 Å². The van der Waals surface area contributed by atoms with Gasteiger partial charge in [0.25, 0.3) is 5.91 Å². The van der Waals surface area contributed by atoms with Crippen molar-refractivity contribution < 1.29 is 23.1 Å². The van der Waals surface area contributed by atoms with E-state index in [0.29, 0.717) is 5.69 Å². The molecule has 124 valence electrons. The number of cyclic esters (lactones) is 1. The second-order valence-electron chi connectivity index (χ2n) is 5.23. The van der Waals surface area contributed by atoms with Gasteiger partial charge in [-0.2, -0.15) is 0 Å². The molecule has 0 radical (unpaired) electrons. The summed E-state index contributed by atoms with van der Waals surface area (Å²) in [6, 6.07) is 6.30. The number of amides is 1. The van der Waals surface area contributed by atoms with E-state index in [9.17, 15) is 18.4 Å². The van der Waals surface area contributed by atoms with Gasteiger partial charge in [-0.05, 0) is 59.3 Å². The molecule has 0 aromatic heterocycles. The van der Waals surface area contributed by atoms with Crippen LogP contribution < -0.4 is 10.6 Å². The van der Waals surface area contributed by atoms with Crippen LogP contribution in [-0.2, 0) is 4.74 Å². The molecule has 0 atom stereocenters. The van der Waals surface area contributed by atoms with Gasteiger partial charge in [-0.1, -0.05) is 0 Å². The smallest absolute Gasteiger partial charge is 0.342 e. The van der Waals surface area contributed by atoms with Gasteiger partial charge in [0.1, 0.15) is 0 Å². The molecule has 2 aromatic rings. The van der Waals surface area contributed by atoms with Gasteiger partial charge in [-0.25, -0.2) is 13.6 Å². The number of rotatable bonds is 2. The molecule has 24 heavy (non-hydrogen) atoms. The zero-order valence-corrected chi connectivity index (χ0v) is 14.6. The maximum absolute atomic E-state index is 14.6. The summed E-state index contributed by atoms with van der Waals surface area (Å²) in [6.45, 7) is 1.54. The molecule has 0 saturated heterocycles. The monoisotopic (exact) mass is 444 g/mol. The van der Waals surface area contributed by atoms with Gasteiger partial charge in [-0.3, -0.25) is 4.79 Å². The molecule has 1 amide bonds. The zero-order chi connectivity index (χ0) is 17.6. The van der Waals surface area contributed by atoms with Crippen LogP contribution in [0.15, 0.2) is 24.3 Å². The van der Waals surface area contributed by atoms with Crippen molar-refractivity contribution in [2.75, 3.05) is 11.6 Å². The molecule has 3 rings (SSSR count). The van der Waals surface area contributed by atoms with E-state index in [1.54, 1.807) is 19.1 Å². The van der Waals surface area contributed by atoms with Gasteiger partial charge in [0.15, 0.2) is 18.4 Å². The molecule has 8 heteroatoms. The Morgan fingerprint density at radius 1 is 1.29 bits per heavy atom. The Balaban J connectivity index is 2.26. The van der Waals surface area contributed by atoms with Crippen molar-refractivity contribution in [1.82, 2.24) is 0 Å². The number of hydrogen-bond donors (Lipinski definition) is 1. The zero-order valence-electron chi connectivity index (χ0n) is 12.4. The maximum Gasteiger partial charge on any atom is 0.342 e. The molecular weight excluding hydrogens is 433 g/mol. The molecule has 1 heterocycles. The number of carbonyl (C=O) groups is 2. The first-order valence-electron chi connectivity index (χ1n) is 6.84. The quantitative estimate of drug-likeness (QED) is 0.571. The van der Waals surface area contributed by atoms with Crippen LogP contribution in [0.5, 0.6) is 0 Å². The van der Waals surface area contributed by atoms with E-state index in [2.05, 4.69) is 22.6 Å². The van der Waals surface area contributed by atoms with E-state index in [0.717, 1.165) is 15.2 Å². The number of ether oxygens (including phenoxy) is 1. The first kappa shape index (κ1) is 16.6. The van der Waals surface area contributed by atoms with E-state index >= 15 is 0 Å². The third-order valence-corrected chi connectivity index (χ3v) is 4.38. The number of anilines is 2. The van der Waals surface area contributed by atoms with Gasteiger partial charge in [0.2, 0.25) is 0 Å². The molecule has 0 saturated carbocycles. The van der Waals surface area contributed by atoms with Gasteiger partial charge < -0.3 is 15.4 Å². The van der Waals surface area contributed by atoms with E-state index in [1.807, 2.05) is 6.07 Å². The normalized spacial score (nSPS) is 13.5. The largest absolute Gasteiger partial charge is 0.440 e. The highest BCUT2D eigenvalue weighted by Gasteiger charge is 2.33. The van der Waals surface area contributed by atoms with Gasteiger partial charge in [0.05, 0.1) is 16.8 Å². The maximum atomic E-state index is 14.6. The second-order valence-corrected chi connectivity index (χ2v) is 6.48. The molecule has 2 aromatic carbocycles. The lowest BCUT2D eigenvalue weighted by molar-refractivity contribution is 0.0491. The first-order chi connectivity index (χ1) is 11.3. The molecule has 1 aliphatic rings. The third-order valence-electron chi connectivity index (χ3n) is 3.71. The fourth-order valence-electron chi connectivity index (χ4n) is 2.59. The van der Waals surface area contributed by atoms with Gasteiger partial charge in [0, 0.05) is 9.26 Å². The number of benzene rings is 2. The van der Waals surface area contributed by atoms with Crippen molar-refractivity contribution >= 4 is 45.8 Å². The second kappa shape index (κ2) is 6.00. The summed E-state index contributed by atoms with van der Waals surface area (Å²) in [5.74, 6) is -4.70. The van der Waals surface area contributed by atoms with Crippen molar-refractivity contribution in [1.29, 1.82) is 0 Å². The van der Waals surface area contributed by atoms with Crippen molar-refractivity contribution in [3.63, 3.8) is 0 Å². The fraction of sp³-hybridized carbons (Fsp3) is 0.125. The lowest BCUT2D eigenvalue weighted by atomic mass is 10.0. The lowest BCUT2D eigenvalue weighted by Gasteiger charge is -2.32. The number of hydrogen-bond acceptors (Lipinski definition) is 4. The Labute approximate surface area is 149 Å². The fourth-order valence-corrected chi connectivity index (χ4v) is 3.24. The van der Waals surface area contributed by atoms with Crippen molar-refractivity contribution in [2.24, 2.45) is 5.73 Å². The number of nitrogens with two attached hydrogens (primary N) is 1. The predicted molar refractivity (Wildman–Crippen MR) is 91.2 cm³/mol. The standard InChI is InChI=1S/C16H11F2IN2O3/c1-7-4-8(19)2-3-11(7)21-6-24-16(23)10-5-9(15(20)22)12(17)13(18)14(10)21/h2-5H,6H2,1H3,(H2,20,22). The van der Waals surface area contributed by atoms with Crippen LogP contribution in [0.4, 0.5) is 20.2 Å². The van der Waals surface area contributed by atoms with E-state index in [1.165, 1.54) is 4.90 Å². The third kappa shape index (κ3) is 2.60. The van der Waals surface area contributed by atoms with Crippen molar-refractivity contribution in [2.45, 2.75) is 6.92 Å². The molecule has 0 aliphatic carbocycles. The highest BCUT2D eigenvalue weighted by molar-refractivity contribution is 14.1. The summed E-state index contributed by atoms with van der Waals surface area (Å²) in [5, 5.41) is 0. The minimum atomic E-state index is -1.39. The summed E-state index contributed by atoms with van der Waals surface area (Å²) >= 11 is 2.13. The summed E-state index contributed by atoms with van der Waals surface area (Å²) < 4.78 is 34.8. The molecule has 0 fully saturated rings. The minimum absolute atomic E-state index is 0.244. The highest BCUT2D eigenvalue weighted by Crippen LogP contribution is 2.38. The number of primary amides is 1. The van der Waals surface area contributed by atoms with Crippen LogP contribution in [0.3, 0.4) is 0 Å². The average Bonchev–Trinajstić information content (AvgIpc) is 2.51. The molecule has 2 N–H and O–H groups in total. The molecule has 0 unspecified atom stereocenters. The summed E-state index contributed by atoms with van der Waals surface area (Å²) in [7, 11) is 0. The number of nitrogens with zero attached hydrogens (tertiary/aromatic N) is 1. The molecule has 1 aliphatic heterocycles. The lowest BCUT2D eigenvalue weighted by Crippen LogP contribution is -2.33. The van der Waals surface area contributed by atoms with E-state index in [-0.39, 0.29) is 18.0 Å². The minimum Gasteiger partial charge on any atom is -0.440 e. The Bertz CT molecular complexity index is 886. The van der Waals surface area contributed by atoms with Crippen molar-refractivity contribution in [3.8, 4) is 0 Å². The van der Waals surface area contributed by atoms with Gasteiger partial charge in [-0.15, -0.1) is 0 Å². The molecule has 5 nitrogen and oxygen atoms in total. The SMILES string of the molecule is Cc1cc(I)ccc1N1COC(=O)c2cc(C(N)=O)c(F)c(F)c21. The van der Waals surface area contributed by atoms with Gasteiger partial charge >= 0.3 is 5.97 Å². The molecular formula is C16H11F2IN2O3. The Morgan fingerprint density at radius 2 is 2.00 bits per heavy atom. The molecule has 0 bridgehead atoms. The number of aryl methyl sites for hydroxylation is 1. The first-order valence-corrected chi connectivity index (χ1v) is 7.91. The van der Waals surface area contributed by atoms with Crippen LogP contribution in [0, 0.1) is 22.1 Å². The van der Waals surface area contributed by atoms with E-state index < -0.39 is 29.1 Å². The number of fused-ring (bicyclic) bond motifs is 1. The topological polar surface area (TPSA) is 72.6 Å². The van der Waals surface area contributed by atoms with Crippen LogP contribution in [-0.4, -0.2) is 18.6 Å². The Morgan fingerprint density at radius 3 is 2.62 bits per heavy atom. The van der Waals surface area contributed by atoms with E-state index in [4.69, 9.17) is 10.5 Å². The average molecular weight is 444 g/mol. The predicted octanol–water partition coefficient (Wildman–Crippen LogP) is 3.24. The van der Waals surface area contributed by atoms with Crippen LogP contribution >= 0.6 is 22.6 Å². The summed E-state index contributed by atoms with van der Waals surface area (Å²) in [5.41, 5.74) is 5.20. The Kier molecular flexibility index (Phi) is 4.16. The number of esters is 1. The summed E-state index contributed by atoms with van der Waals surface area (Å²) in [6.07, 6.45) is 0. The van der Waals surface area contributed by atoms with Crippen LogP contribution in [0.2, 0.25) is 0 Å². The van der Waals surface area contributed by atoms with Crippen LogP contribution in [0.25, 0.3) is 0 Å². The molecule has 0 spiro atoms. The Hall–Kier alpha value is -2.23. The summed E-state index contributed by atoms with van der Waals surface area (Å²) in [4.78, 5) is 24.6. The number of carbonyl (C=O) groups excluding carboxylic acids is 2. The highest BCUT2D eigenvalue weighted by atomic mass is 127. The van der Waals surface area contributed by atoms with Crippen molar-refractivity contribution in [3.05, 3.63) is 56.2 Å².